The van der Waals surface area contributed by atoms with Crippen LogP contribution in [0.15, 0.2) is 57.7 Å². The van der Waals surface area contributed by atoms with Gasteiger partial charge in [-0.25, -0.2) is 4.79 Å². The van der Waals surface area contributed by atoms with Gasteiger partial charge in [0.05, 0.1) is 18.6 Å². The highest BCUT2D eigenvalue weighted by molar-refractivity contribution is 6.02. The maximum absolute atomic E-state index is 12.9. The number of fused-ring (bicyclic) bond motifs is 1. The van der Waals surface area contributed by atoms with Crippen molar-refractivity contribution in [2.24, 2.45) is 0 Å². The van der Waals surface area contributed by atoms with E-state index >= 15 is 0 Å². The molecule has 2 aromatic carbocycles. The molecule has 6 nitrogen and oxygen atoms in total. The molecule has 1 saturated heterocycles. The van der Waals surface area contributed by atoms with Gasteiger partial charge in [0.2, 0.25) is 0 Å². The number of morpholine rings is 1. The van der Waals surface area contributed by atoms with Gasteiger partial charge in [-0.3, -0.25) is 9.69 Å². The van der Waals surface area contributed by atoms with Gasteiger partial charge >= 0.3 is 5.97 Å². The predicted octanol–water partition coefficient (Wildman–Crippen LogP) is 4.03. The van der Waals surface area contributed by atoms with Gasteiger partial charge < -0.3 is 13.9 Å². The lowest BCUT2D eigenvalue weighted by atomic mass is 10.0. The number of benzene rings is 2. The Morgan fingerprint density at radius 2 is 1.77 bits per heavy atom. The van der Waals surface area contributed by atoms with Crippen molar-refractivity contribution in [1.82, 2.24) is 4.90 Å². The summed E-state index contributed by atoms with van der Waals surface area (Å²) in [6, 6.07) is 14.4. The fourth-order valence-corrected chi connectivity index (χ4v) is 3.57. The predicted molar refractivity (Wildman–Crippen MR) is 117 cm³/mol. The van der Waals surface area contributed by atoms with E-state index in [1.165, 1.54) is 0 Å². The number of esters is 1. The summed E-state index contributed by atoms with van der Waals surface area (Å²) in [6.45, 7) is 6.21. The molecule has 1 aromatic heterocycles. The molecule has 1 fully saturated rings. The third-order valence-corrected chi connectivity index (χ3v) is 5.24. The second kappa shape index (κ2) is 9.43. The van der Waals surface area contributed by atoms with E-state index in [-0.39, 0.29) is 29.0 Å². The van der Waals surface area contributed by atoms with Gasteiger partial charge in [-0.1, -0.05) is 36.4 Å². The van der Waals surface area contributed by atoms with E-state index in [9.17, 15) is 9.59 Å². The van der Waals surface area contributed by atoms with E-state index < -0.39 is 12.2 Å². The SMILES string of the molecule is Cc1c(-c2ccccc2)oc2c(C(=O)OC(C)N3CCOCC3)cccc2c1=O.Cl. The molecule has 0 spiro atoms. The van der Waals surface area contributed by atoms with Crippen molar-refractivity contribution in [1.29, 1.82) is 0 Å². The molecule has 0 radical (unpaired) electrons. The van der Waals surface area contributed by atoms with Crippen LogP contribution in [0.3, 0.4) is 0 Å². The number of halogens is 1. The van der Waals surface area contributed by atoms with Gasteiger partial charge in [0, 0.05) is 24.2 Å². The minimum absolute atomic E-state index is 0. The summed E-state index contributed by atoms with van der Waals surface area (Å²) in [5, 5.41) is 0.371. The lowest BCUT2D eigenvalue weighted by Gasteiger charge is -2.31. The Hall–Kier alpha value is -2.67. The van der Waals surface area contributed by atoms with Gasteiger partial charge in [-0.2, -0.15) is 0 Å². The van der Waals surface area contributed by atoms with E-state index in [0.717, 1.165) is 5.56 Å². The molecule has 2 heterocycles. The van der Waals surface area contributed by atoms with Gasteiger partial charge in [0.15, 0.2) is 17.2 Å². The van der Waals surface area contributed by atoms with Gasteiger partial charge in [-0.15, -0.1) is 12.4 Å². The number of hydrogen-bond acceptors (Lipinski definition) is 6. The molecule has 158 valence electrons. The van der Waals surface area contributed by atoms with Crippen LogP contribution in [-0.2, 0) is 9.47 Å². The molecule has 0 aliphatic carbocycles. The quantitative estimate of drug-likeness (QED) is 0.583. The number of carbonyl (C=O) groups is 1. The summed E-state index contributed by atoms with van der Waals surface area (Å²) >= 11 is 0. The molecule has 1 aliphatic heterocycles. The molecule has 0 bridgehead atoms. The van der Waals surface area contributed by atoms with Crippen LogP contribution in [0.4, 0.5) is 0 Å². The molecule has 0 N–H and O–H groups in total. The highest BCUT2D eigenvalue weighted by atomic mass is 35.5. The minimum atomic E-state index is -0.513. The zero-order chi connectivity index (χ0) is 20.4. The molecule has 1 atom stereocenters. The summed E-state index contributed by atoms with van der Waals surface area (Å²) in [7, 11) is 0. The fraction of sp³-hybridized carbons (Fsp3) is 0.304. The molecule has 0 amide bonds. The average molecular weight is 430 g/mol. The van der Waals surface area contributed by atoms with Crippen LogP contribution in [-0.4, -0.2) is 43.4 Å². The number of hydrogen-bond donors (Lipinski definition) is 0. The highest BCUT2D eigenvalue weighted by Gasteiger charge is 2.24. The topological polar surface area (TPSA) is 69.0 Å². The Labute approximate surface area is 180 Å². The summed E-state index contributed by atoms with van der Waals surface area (Å²) in [4.78, 5) is 27.9. The van der Waals surface area contributed by atoms with E-state index in [0.29, 0.717) is 43.0 Å². The lowest BCUT2D eigenvalue weighted by Crippen LogP contribution is -2.44. The standard InChI is InChI=1S/C23H23NO5.ClH/c1-15-20(25)18-9-6-10-19(22(18)29-21(15)17-7-4-3-5-8-17)23(26)28-16(2)24-11-13-27-14-12-24;/h3-10,16H,11-14H2,1-2H3;1H. The third kappa shape index (κ3) is 4.26. The molecular weight excluding hydrogens is 406 g/mol. The Bertz CT molecular complexity index is 1090. The molecule has 4 rings (SSSR count). The number of nitrogens with zero attached hydrogens (tertiary/aromatic N) is 1. The number of carbonyl (C=O) groups excluding carboxylic acids is 1. The number of rotatable bonds is 4. The lowest BCUT2D eigenvalue weighted by molar-refractivity contribution is -0.0636. The van der Waals surface area contributed by atoms with Crippen molar-refractivity contribution >= 4 is 29.3 Å². The number of ether oxygens (including phenoxy) is 2. The Kier molecular flexibility index (Phi) is 6.92. The molecule has 1 unspecified atom stereocenters. The van der Waals surface area contributed by atoms with Crippen LogP contribution in [0.25, 0.3) is 22.3 Å². The van der Waals surface area contributed by atoms with Gasteiger partial charge in [0.25, 0.3) is 0 Å². The zero-order valence-corrected chi connectivity index (χ0v) is 17.7. The van der Waals surface area contributed by atoms with Crippen LogP contribution < -0.4 is 5.43 Å². The molecule has 7 heteroatoms. The minimum Gasteiger partial charge on any atom is -0.455 e. The summed E-state index contributed by atoms with van der Waals surface area (Å²) in [6.07, 6.45) is -0.396. The molecular formula is C23H24ClNO5. The van der Waals surface area contributed by atoms with Crippen molar-refractivity contribution in [2.45, 2.75) is 20.1 Å². The maximum Gasteiger partial charge on any atom is 0.343 e. The Morgan fingerprint density at radius 1 is 1.07 bits per heavy atom. The normalized spacial score (nSPS) is 15.4. The Balaban J connectivity index is 0.00000256. The summed E-state index contributed by atoms with van der Waals surface area (Å²) < 4.78 is 17.1. The average Bonchev–Trinajstić information content (AvgIpc) is 2.77. The van der Waals surface area contributed by atoms with Gasteiger partial charge in [-0.05, 0) is 26.0 Å². The smallest absolute Gasteiger partial charge is 0.343 e. The van der Waals surface area contributed by atoms with Crippen molar-refractivity contribution in [3.05, 3.63) is 69.9 Å². The maximum atomic E-state index is 12.9. The largest absolute Gasteiger partial charge is 0.455 e. The number of para-hydroxylation sites is 1. The molecule has 0 saturated carbocycles. The molecule has 30 heavy (non-hydrogen) atoms. The second-order valence-corrected chi connectivity index (χ2v) is 7.09. The molecule has 3 aromatic rings. The second-order valence-electron chi connectivity index (χ2n) is 7.09. The first-order chi connectivity index (χ1) is 14.1. The third-order valence-electron chi connectivity index (χ3n) is 5.24. The van der Waals surface area contributed by atoms with Gasteiger partial charge in [0.1, 0.15) is 11.3 Å². The highest BCUT2D eigenvalue weighted by Crippen LogP contribution is 2.27. The van der Waals surface area contributed by atoms with E-state index in [2.05, 4.69) is 0 Å². The van der Waals surface area contributed by atoms with Crippen molar-refractivity contribution in [2.75, 3.05) is 26.3 Å². The van der Waals surface area contributed by atoms with Crippen molar-refractivity contribution in [3.8, 4) is 11.3 Å². The first-order valence-electron chi connectivity index (χ1n) is 9.71. The van der Waals surface area contributed by atoms with Crippen LogP contribution in [0.2, 0.25) is 0 Å². The first-order valence-corrected chi connectivity index (χ1v) is 9.71. The van der Waals surface area contributed by atoms with Crippen LogP contribution in [0.1, 0.15) is 22.8 Å². The monoisotopic (exact) mass is 429 g/mol. The van der Waals surface area contributed by atoms with Crippen LogP contribution >= 0.6 is 12.4 Å². The fourth-order valence-electron chi connectivity index (χ4n) is 3.57. The first kappa shape index (κ1) is 22.0. The Morgan fingerprint density at radius 3 is 2.47 bits per heavy atom. The van der Waals surface area contributed by atoms with E-state index in [1.54, 1.807) is 25.1 Å². The van der Waals surface area contributed by atoms with Crippen LogP contribution in [0, 0.1) is 6.92 Å². The molecule has 1 aliphatic rings. The van der Waals surface area contributed by atoms with E-state index in [4.69, 9.17) is 13.9 Å². The van der Waals surface area contributed by atoms with E-state index in [1.807, 2.05) is 42.2 Å². The summed E-state index contributed by atoms with van der Waals surface area (Å²) in [5.41, 5.74) is 1.64. The van der Waals surface area contributed by atoms with Crippen molar-refractivity contribution < 1.29 is 18.7 Å². The van der Waals surface area contributed by atoms with Crippen molar-refractivity contribution in [3.63, 3.8) is 0 Å². The van der Waals surface area contributed by atoms with Crippen LogP contribution in [0.5, 0.6) is 0 Å². The summed E-state index contributed by atoms with van der Waals surface area (Å²) in [5.74, 6) is -0.0508. The zero-order valence-electron chi connectivity index (χ0n) is 16.9.